The zero-order chi connectivity index (χ0) is 21.5. The molecule has 0 unspecified atom stereocenters. The van der Waals surface area contributed by atoms with Crippen LogP contribution < -0.4 is 16.2 Å². The average molecular weight is 429 g/mol. The van der Waals surface area contributed by atoms with E-state index in [9.17, 15) is 9.59 Å². The van der Waals surface area contributed by atoms with Gasteiger partial charge in [-0.05, 0) is 36.4 Å². The molecule has 4 aromatic rings. The number of benzene rings is 3. The number of hydrogen-bond donors (Lipinski definition) is 3. The largest absolute Gasteiger partial charge is 0.356 e. The van der Waals surface area contributed by atoms with E-state index < -0.39 is 0 Å². The Labute approximate surface area is 183 Å². The van der Waals surface area contributed by atoms with E-state index in [0.29, 0.717) is 16.5 Å². The zero-order valence-corrected chi connectivity index (χ0v) is 17.4. The third kappa shape index (κ3) is 5.83. The molecule has 0 radical (unpaired) electrons. The van der Waals surface area contributed by atoms with Crippen molar-refractivity contribution in [2.45, 2.75) is 5.16 Å². The fourth-order valence-electron chi connectivity index (χ4n) is 2.92. The van der Waals surface area contributed by atoms with Crippen LogP contribution in [-0.2, 0) is 4.79 Å². The number of hydrogen-bond acceptors (Lipinski definition) is 5. The molecule has 3 aromatic carbocycles. The highest BCUT2D eigenvalue weighted by molar-refractivity contribution is 7.99. The maximum atomic E-state index is 12.3. The highest BCUT2D eigenvalue weighted by Gasteiger charge is 2.08. The lowest BCUT2D eigenvalue weighted by Gasteiger charge is -2.09. The lowest BCUT2D eigenvalue weighted by Crippen LogP contribution is -2.15. The second kappa shape index (κ2) is 9.77. The van der Waals surface area contributed by atoms with E-state index in [-0.39, 0.29) is 17.2 Å². The van der Waals surface area contributed by atoms with E-state index >= 15 is 0 Å². The Morgan fingerprint density at radius 2 is 1.45 bits per heavy atom. The number of aromatic amines is 1. The van der Waals surface area contributed by atoms with Crippen LogP contribution in [0.1, 0.15) is 0 Å². The maximum Gasteiger partial charge on any atom is 0.252 e. The van der Waals surface area contributed by atoms with Gasteiger partial charge in [0.2, 0.25) is 5.91 Å². The molecule has 6 nitrogen and oxygen atoms in total. The fourth-order valence-corrected chi connectivity index (χ4v) is 3.59. The van der Waals surface area contributed by atoms with Gasteiger partial charge in [0.1, 0.15) is 0 Å². The molecule has 7 heteroatoms. The van der Waals surface area contributed by atoms with Crippen molar-refractivity contribution in [2.24, 2.45) is 0 Å². The van der Waals surface area contributed by atoms with Crippen LogP contribution in [0.25, 0.3) is 11.3 Å². The second-order valence-electron chi connectivity index (χ2n) is 6.71. The van der Waals surface area contributed by atoms with Gasteiger partial charge in [-0.3, -0.25) is 9.59 Å². The third-order valence-electron chi connectivity index (χ3n) is 4.36. The van der Waals surface area contributed by atoms with Crippen LogP contribution >= 0.6 is 11.8 Å². The smallest absolute Gasteiger partial charge is 0.252 e. The number of carbonyl (C=O) groups is 1. The van der Waals surface area contributed by atoms with Crippen molar-refractivity contribution < 1.29 is 4.79 Å². The number of thioether (sulfide) groups is 1. The average Bonchev–Trinajstić information content (AvgIpc) is 2.80. The van der Waals surface area contributed by atoms with E-state index in [1.165, 1.54) is 17.8 Å². The van der Waals surface area contributed by atoms with Crippen molar-refractivity contribution in [1.82, 2.24) is 9.97 Å². The molecule has 31 heavy (non-hydrogen) atoms. The van der Waals surface area contributed by atoms with E-state index in [1.54, 1.807) is 0 Å². The molecule has 4 rings (SSSR count). The van der Waals surface area contributed by atoms with E-state index in [2.05, 4.69) is 20.6 Å². The summed E-state index contributed by atoms with van der Waals surface area (Å²) in [4.78, 5) is 31.4. The first-order valence-corrected chi connectivity index (χ1v) is 10.7. The van der Waals surface area contributed by atoms with Crippen LogP contribution in [0.15, 0.2) is 101 Å². The lowest BCUT2D eigenvalue weighted by molar-refractivity contribution is -0.113. The molecule has 0 fully saturated rings. The molecule has 3 N–H and O–H groups in total. The van der Waals surface area contributed by atoms with Crippen LogP contribution in [-0.4, -0.2) is 21.6 Å². The van der Waals surface area contributed by atoms with Gasteiger partial charge in [-0.25, -0.2) is 4.98 Å². The van der Waals surface area contributed by atoms with Crippen molar-refractivity contribution in [3.8, 4) is 11.3 Å². The summed E-state index contributed by atoms with van der Waals surface area (Å²) in [5.41, 5.74) is 3.80. The number of nitrogens with one attached hydrogen (secondary N) is 3. The molecule has 0 spiro atoms. The summed E-state index contributed by atoms with van der Waals surface area (Å²) in [6, 6.07) is 28.2. The molecular formula is C24H20N4O2S. The first kappa shape index (κ1) is 20.4. The maximum absolute atomic E-state index is 12.3. The van der Waals surface area contributed by atoms with Crippen LogP contribution in [0.5, 0.6) is 0 Å². The highest BCUT2D eigenvalue weighted by Crippen LogP contribution is 2.20. The number of amides is 1. The Morgan fingerprint density at radius 3 is 2.16 bits per heavy atom. The molecule has 0 aliphatic rings. The molecule has 1 aromatic heterocycles. The van der Waals surface area contributed by atoms with Gasteiger partial charge in [0.05, 0.1) is 11.4 Å². The highest BCUT2D eigenvalue weighted by atomic mass is 32.2. The van der Waals surface area contributed by atoms with Crippen molar-refractivity contribution in [3.05, 3.63) is 101 Å². The number of H-pyrrole nitrogens is 1. The van der Waals surface area contributed by atoms with E-state index in [4.69, 9.17) is 0 Å². The molecular weight excluding hydrogens is 408 g/mol. The predicted molar refractivity (Wildman–Crippen MR) is 126 cm³/mol. The Morgan fingerprint density at radius 1 is 0.839 bits per heavy atom. The summed E-state index contributed by atoms with van der Waals surface area (Å²) in [6.07, 6.45) is 0. The van der Waals surface area contributed by atoms with Gasteiger partial charge in [0, 0.05) is 28.7 Å². The van der Waals surface area contributed by atoms with Crippen LogP contribution in [0.3, 0.4) is 0 Å². The van der Waals surface area contributed by atoms with Gasteiger partial charge in [-0.2, -0.15) is 0 Å². The molecule has 154 valence electrons. The summed E-state index contributed by atoms with van der Waals surface area (Å²) >= 11 is 1.18. The van der Waals surface area contributed by atoms with Crippen LogP contribution in [0.4, 0.5) is 17.1 Å². The number of para-hydroxylation sites is 1. The number of nitrogens with zero attached hydrogens (tertiary/aromatic N) is 1. The molecule has 0 saturated heterocycles. The second-order valence-corrected chi connectivity index (χ2v) is 7.67. The number of carbonyl (C=O) groups excluding carboxylic acids is 1. The Hall–Kier alpha value is -3.84. The van der Waals surface area contributed by atoms with Gasteiger partial charge in [-0.15, -0.1) is 0 Å². The summed E-state index contributed by atoms with van der Waals surface area (Å²) in [6.45, 7) is 0. The topological polar surface area (TPSA) is 86.9 Å². The van der Waals surface area contributed by atoms with Crippen LogP contribution in [0, 0.1) is 0 Å². The van der Waals surface area contributed by atoms with Gasteiger partial charge >= 0.3 is 0 Å². The molecule has 0 aliphatic heterocycles. The molecule has 0 bridgehead atoms. The summed E-state index contributed by atoms with van der Waals surface area (Å²) in [7, 11) is 0. The molecule has 1 amide bonds. The van der Waals surface area contributed by atoms with E-state index in [0.717, 1.165) is 16.9 Å². The monoisotopic (exact) mass is 428 g/mol. The summed E-state index contributed by atoms with van der Waals surface area (Å²) in [5, 5.41) is 6.56. The molecule has 0 atom stereocenters. The fraction of sp³-hybridized carbons (Fsp3) is 0.0417. The Kier molecular flexibility index (Phi) is 6.44. The minimum atomic E-state index is -0.252. The number of anilines is 3. The van der Waals surface area contributed by atoms with Crippen molar-refractivity contribution >= 4 is 34.7 Å². The Bertz CT molecular complexity index is 1210. The minimum Gasteiger partial charge on any atom is -0.356 e. The number of aromatic nitrogens is 2. The van der Waals surface area contributed by atoms with Crippen molar-refractivity contribution in [3.63, 3.8) is 0 Å². The van der Waals surface area contributed by atoms with Gasteiger partial charge in [0.25, 0.3) is 5.56 Å². The van der Waals surface area contributed by atoms with Gasteiger partial charge in [0.15, 0.2) is 5.16 Å². The number of rotatable bonds is 7. The quantitative estimate of drug-likeness (QED) is 0.288. The van der Waals surface area contributed by atoms with Crippen molar-refractivity contribution in [1.29, 1.82) is 0 Å². The first-order valence-electron chi connectivity index (χ1n) is 9.67. The molecule has 0 saturated carbocycles. The van der Waals surface area contributed by atoms with E-state index in [1.807, 2.05) is 84.9 Å². The van der Waals surface area contributed by atoms with Crippen molar-refractivity contribution in [2.75, 3.05) is 16.4 Å². The lowest BCUT2D eigenvalue weighted by atomic mass is 10.1. The first-order chi connectivity index (χ1) is 15.2. The normalized spacial score (nSPS) is 10.5. The van der Waals surface area contributed by atoms with Gasteiger partial charge < -0.3 is 15.6 Å². The Balaban J connectivity index is 1.34. The third-order valence-corrected chi connectivity index (χ3v) is 5.23. The zero-order valence-electron chi connectivity index (χ0n) is 16.5. The standard InChI is InChI=1S/C24H20N4O2S/c29-22-15-21(17-7-3-1-4-8-17)27-24(28-22)31-16-23(30)26-20-13-11-19(12-14-20)25-18-9-5-2-6-10-18/h1-15,25H,16H2,(H,26,30)(H,27,28,29). The molecule has 0 aliphatic carbocycles. The summed E-state index contributed by atoms with van der Waals surface area (Å²) in [5.74, 6) is -0.0490. The SMILES string of the molecule is O=C(CSc1nc(-c2ccccc2)cc(=O)[nH]1)Nc1ccc(Nc2ccccc2)cc1. The minimum absolute atomic E-state index is 0.130. The van der Waals surface area contributed by atoms with Crippen LogP contribution in [0.2, 0.25) is 0 Å². The van der Waals surface area contributed by atoms with Gasteiger partial charge in [-0.1, -0.05) is 60.3 Å². The molecule has 1 heterocycles. The predicted octanol–water partition coefficient (Wildman–Crippen LogP) is 4.91. The summed E-state index contributed by atoms with van der Waals surface area (Å²) < 4.78 is 0.